The molecule has 110 valence electrons. The van der Waals surface area contributed by atoms with Crippen LogP contribution in [0.4, 0.5) is 11.8 Å². The molecule has 0 aliphatic carbocycles. The van der Waals surface area contributed by atoms with Crippen molar-refractivity contribution < 1.29 is 4.79 Å². The predicted molar refractivity (Wildman–Crippen MR) is 78.9 cm³/mol. The van der Waals surface area contributed by atoms with E-state index in [1.165, 1.54) is 0 Å². The van der Waals surface area contributed by atoms with Crippen LogP contribution in [0.15, 0.2) is 12.3 Å². The summed E-state index contributed by atoms with van der Waals surface area (Å²) in [5.41, 5.74) is 0. The molecule has 1 aromatic heterocycles. The van der Waals surface area contributed by atoms with Gasteiger partial charge in [0.15, 0.2) is 0 Å². The van der Waals surface area contributed by atoms with Gasteiger partial charge in [-0.2, -0.15) is 4.98 Å². The van der Waals surface area contributed by atoms with Crippen LogP contribution in [0.5, 0.6) is 0 Å². The van der Waals surface area contributed by atoms with Gasteiger partial charge in [-0.05, 0) is 20.2 Å². The third-order valence-electron chi connectivity index (χ3n) is 3.25. The van der Waals surface area contributed by atoms with E-state index in [-0.39, 0.29) is 0 Å². The standard InChI is InChI=1S/C13H22N6O/c1-17(2)6-5-14-12-3-4-15-13(16-12)19-9-7-18(11-20)8-10-19/h3-4,11H,5-10H2,1-2H3,(H,14,15,16). The smallest absolute Gasteiger partial charge is 0.227 e. The lowest BCUT2D eigenvalue weighted by Gasteiger charge is -2.32. The molecule has 0 bridgehead atoms. The van der Waals surface area contributed by atoms with E-state index in [0.29, 0.717) is 0 Å². The van der Waals surface area contributed by atoms with Crippen molar-refractivity contribution in [3.8, 4) is 0 Å². The van der Waals surface area contributed by atoms with E-state index in [1.54, 1.807) is 11.1 Å². The molecule has 20 heavy (non-hydrogen) atoms. The van der Waals surface area contributed by atoms with Crippen LogP contribution < -0.4 is 10.2 Å². The Bertz CT molecular complexity index is 431. The molecule has 0 aromatic carbocycles. The van der Waals surface area contributed by atoms with Crippen molar-refractivity contribution in [2.45, 2.75) is 0 Å². The van der Waals surface area contributed by atoms with Crippen molar-refractivity contribution in [3.05, 3.63) is 12.3 Å². The molecular weight excluding hydrogens is 256 g/mol. The fraction of sp³-hybridized carbons (Fsp3) is 0.615. The zero-order valence-corrected chi connectivity index (χ0v) is 12.1. The van der Waals surface area contributed by atoms with Crippen molar-refractivity contribution >= 4 is 18.2 Å². The number of amides is 1. The third-order valence-corrected chi connectivity index (χ3v) is 3.25. The molecule has 1 aliphatic rings. The molecule has 1 aromatic rings. The molecular formula is C13H22N6O. The summed E-state index contributed by atoms with van der Waals surface area (Å²) in [7, 11) is 4.08. The van der Waals surface area contributed by atoms with Crippen LogP contribution in [0.1, 0.15) is 0 Å². The van der Waals surface area contributed by atoms with Gasteiger partial charge in [0.25, 0.3) is 0 Å². The maximum Gasteiger partial charge on any atom is 0.227 e. The van der Waals surface area contributed by atoms with Gasteiger partial charge in [-0.25, -0.2) is 4.98 Å². The van der Waals surface area contributed by atoms with Crippen molar-refractivity contribution in [1.82, 2.24) is 19.8 Å². The van der Waals surface area contributed by atoms with Gasteiger partial charge < -0.3 is 20.0 Å². The molecule has 1 fully saturated rings. The first-order chi connectivity index (χ1) is 9.69. The summed E-state index contributed by atoms with van der Waals surface area (Å²) < 4.78 is 0. The van der Waals surface area contributed by atoms with E-state index in [1.807, 2.05) is 20.2 Å². The molecule has 0 unspecified atom stereocenters. The van der Waals surface area contributed by atoms with E-state index in [9.17, 15) is 4.79 Å². The van der Waals surface area contributed by atoms with Crippen LogP contribution in [0.25, 0.3) is 0 Å². The van der Waals surface area contributed by atoms with E-state index >= 15 is 0 Å². The summed E-state index contributed by atoms with van der Waals surface area (Å²) in [5, 5.41) is 3.29. The van der Waals surface area contributed by atoms with E-state index < -0.39 is 0 Å². The lowest BCUT2D eigenvalue weighted by Crippen LogP contribution is -2.46. The second-order valence-corrected chi connectivity index (χ2v) is 5.10. The van der Waals surface area contributed by atoms with Gasteiger partial charge in [-0.3, -0.25) is 4.79 Å². The Morgan fingerprint density at radius 3 is 2.75 bits per heavy atom. The first kappa shape index (κ1) is 14.5. The second-order valence-electron chi connectivity index (χ2n) is 5.10. The van der Waals surface area contributed by atoms with Crippen molar-refractivity contribution in [3.63, 3.8) is 0 Å². The SMILES string of the molecule is CN(C)CCNc1ccnc(N2CCN(C=O)CC2)n1. The van der Waals surface area contributed by atoms with Crippen molar-refractivity contribution in [2.24, 2.45) is 0 Å². The molecule has 7 heteroatoms. The van der Waals surface area contributed by atoms with E-state index in [0.717, 1.165) is 57.4 Å². The molecule has 1 saturated heterocycles. The molecule has 0 radical (unpaired) electrons. The number of piperazine rings is 1. The average molecular weight is 278 g/mol. The summed E-state index contributed by atoms with van der Waals surface area (Å²) >= 11 is 0. The number of hydrogen-bond acceptors (Lipinski definition) is 6. The molecule has 7 nitrogen and oxygen atoms in total. The first-order valence-corrected chi connectivity index (χ1v) is 6.85. The lowest BCUT2D eigenvalue weighted by molar-refractivity contribution is -0.118. The first-order valence-electron chi connectivity index (χ1n) is 6.85. The van der Waals surface area contributed by atoms with Gasteiger partial charge >= 0.3 is 0 Å². The molecule has 1 N–H and O–H groups in total. The van der Waals surface area contributed by atoms with Gasteiger partial charge in [0, 0.05) is 45.5 Å². The van der Waals surface area contributed by atoms with Crippen LogP contribution in [0.3, 0.4) is 0 Å². The highest BCUT2D eigenvalue weighted by Gasteiger charge is 2.17. The van der Waals surface area contributed by atoms with Gasteiger partial charge in [0.05, 0.1) is 0 Å². The molecule has 0 atom stereocenters. The van der Waals surface area contributed by atoms with E-state index in [4.69, 9.17) is 0 Å². The van der Waals surface area contributed by atoms with Crippen LogP contribution in [0, 0.1) is 0 Å². The van der Waals surface area contributed by atoms with Gasteiger partial charge in [-0.1, -0.05) is 0 Å². The minimum Gasteiger partial charge on any atom is -0.369 e. The molecule has 2 rings (SSSR count). The summed E-state index contributed by atoms with van der Waals surface area (Å²) in [6, 6.07) is 1.88. The highest BCUT2D eigenvalue weighted by Crippen LogP contribution is 2.12. The van der Waals surface area contributed by atoms with Crippen molar-refractivity contribution in [1.29, 1.82) is 0 Å². The maximum atomic E-state index is 10.7. The van der Waals surface area contributed by atoms with Crippen molar-refractivity contribution in [2.75, 3.05) is 63.6 Å². The minimum absolute atomic E-state index is 0.727. The quantitative estimate of drug-likeness (QED) is 0.723. The monoisotopic (exact) mass is 278 g/mol. The lowest BCUT2D eigenvalue weighted by atomic mass is 10.3. The normalized spacial score (nSPS) is 15.6. The Labute approximate surface area is 119 Å². The molecule has 1 amide bonds. The number of anilines is 2. The van der Waals surface area contributed by atoms with Gasteiger partial charge in [0.2, 0.25) is 12.4 Å². The number of carbonyl (C=O) groups excluding carboxylic acids is 1. The summed E-state index contributed by atoms with van der Waals surface area (Å²) in [6.07, 6.45) is 2.67. The zero-order chi connectivity index (χ0) is 14.4. The highest BCUT2D eigenvalue weighted by molar-refractivity contribution is 5.48. The number of carbonyl (C=O) groups is 1. The number of nitrogens with one attached hydrogen (secondary N) is 1. The average Bonchev–Trinajstić information content (AvgIpc) is 2.47. The Morgan fingerprint density at radius 1 is 1.35 bits per heavy atom. The Balaban J connectivity index is 1.90. The number of nitrogens with zero attached hydrogens (tertiary/aromatic N) is 5. The van der Waals surface area contributed by atoms with Gasteiger partial charge in [0.1, 0.15) is 5.82 Å². The Morgan fingerprint density at radius 2 is 2.10 bits per heavy atom. The summed E-state index contributed by atoms with van der Waals surface area (Å²) in [6.45, 7) is 4.82. The Hall–Kier alpha value is -1.89. The second kappa shape index (κ2) is 7.04. The zero-order valence-electron chi connectivity index (χ0n) is 12.1. The number of aromatic nitrogens is 2. The molecule has 0 saturated carbocycles. The van der Waals surface area contributed by atoms with E-state index in [2.05, 4.69) is 25.1 Å². The predicted octanol–water partition coefficient (Wildman–Crippen LogP) is -0.271. The summed E-state index contributed by atoms with van der Waals surface area (Å²) in [5.74, 6) is 1.57. The fourth-order valence-corrected chi connectivity index (χ4v) is 2.03. The van der Waals surface area contributed by atoms with Crippen LogP contribution in [0.2, 0.25) is 0 Å². The minimum atomic E-state index is 0.727. The molecule has 2 heterocycles. The molecule has 1 aliphatic heterocycles. The van der Waals surface area contributed by atoms with Crippen LogP contribution in [-0.4, -0.2) is 79.5 Å². The van der Waals surface area contributed by atoms with Gasteiger partial charge in [-0.15, -0.1) is 0 Å². The maximum absolute atomic E-state index is 10.7. The topological polar surface area (TPSA) is 64.6 Å². The summed E-state index contributed by atoms with van der Waals surface area (Å²) in [4.78, 5) is 25.5. The molecule has 0 spiro atoms. The number of hydrogen-bond donors (Lipinski definition) is 1. The largest absolute Gasteiger partial charge is 0.369 e. The Kier molecular flexibility index (Phi) is 5.11. The van der Waals surface area contributed by atoms with Crippen LogP contribution >= 0.6 is 0 Å². The number of rotatable bonds is 6. The third kappa shape index (κ3) is 4.06. The van der Waals surface area contributed by atoms with Crippen LogP contribution in [-0.2, 0) is 4.79 Å². The highest BCUT2D eigenvalue weighted by atomic mass is 16.1. The fourth-order valence-electron chi connectivity index (χ4n) is 2.03. The number of likely N-dealkylation sites (N-methyl/N-ethyl adjacent to an activating group) is 1.